The van der Waals surface area contributed by atoms with Gasteiger partial charge in [-0.05, 0) is 37.5 Å². The SMILES string of the molecule is Fc1ccc(N2CCCCC2)c(Cl)c1. The fourth-order valence-corrected chi connectivity index (χ4v) is 2.16. The van der Waals surface area contributed by atoms with E-state index in [1.807, 2.05) is 0 Å². The molecule has 1 fully saturated rings. The van der Waals surface area contributed by atoms with Gasteiger partial charge in [0.25, 0.3) is 0 Å². The van der Waals surface area contributed by atoms with Crippen molar-refractivity contribution in [2.45, 2.75) is 19.3 Å². The van der Waals surface area contributed by atoms with Gasteiger partial charge in [-0.25, -0.2) is 4.39 Å². The second-order valence-electron chi connectivity index (χ2n) is 3.64. The van der Waals surface area contributed by atoms with Gasteiger partial charge in [0, 0.05) is 13.1 Å². The third-order valence-electron chi connectivity index (χ3n) is 2.61. The van der Waals surface area contributed by atoms with Gasteiger partial charge in [0.1, 0.15) is 5.82 Å². The van der Waals surface area contributed by atoms with E-state index in [4.69, 9.17) is 11.6 Å². The molecule has 0 aromatic heterocycles. The zero-order chi connectivity index (χ0) is 9.97. The lowest BCUT2D eigenvalue weighted by atomic mass is 10.1. The minimum absolute atomic E-state index is 0.268. The van der Waals surface area contributed by atoms with Gasteiger partial charge < -0.3 is 4.90 Å². The molecule has 0 spiro atoms. The number of nitrogens with zero attached hydrogens (tertiary/aromatic N) is 1. The monoisotopic (exact) mass is 213 g/mol. The number of hydrogen-bond acceptors (Lipinski definition) is 1. The molecule has 0 bridgehead atoms. The molecule has 1 aliphatic heterocycles. The van der Waals surface area contributed by atoms with Crippen LogP contribution in [0.15, 0.2) is 18.2 Å². The lowest BCUT2D eigenvalue weighted by Gasteiger charge is -2.29. The Morgan fingerprint density at radius 3 is 2.50 bits per heavy atom. The van der Waals surface area contributed by atoms with E-state index >= 15 is 0 Å². The van der Waals surface area contributed by atoms with E-state index in [1.54, 1.807) is 6.07 Å². The molecule has 0 aliphatic carbocycles. The smallest absolute Gasteiger partial charge is 0.124 e. The summed E-state index contributed by atoms with van der Waals surface area (Å²) in [6.07, 6.45) is 3.69. The molecule has 1 heterocycles. The van der Waals surface area contributed by atoms with Crippen molar-refractivity contribution in [2.75, 3.05) is 18.0 Å². The maximum atomic E-state index is 12.8. The van der Waals surface area contributed by atoms with E-state index in [0.29, 0.717) is 5.02 Å². The first-order valence-corrected chi connectivity index (χ1v) is 5.35. The zero-order valence-electron chi connectivity index (χ0n) is 7.97. The van der Waals surface area contributed by atoms with Gasteiger partial charge in [-0.15, -0.1) is 0 Å². The van der Waals surface area contributed by atoms with Crippen molar-refractivity contribution in [2.24, 2.45) is 0 Å². The third kappa shape index (κ3) is 2.01. The van der Waals surface area contributed by atoms with E-state index < -0.39 is 0 Å². The highest BCUT2D eigenvalue weighted by atomic mass is 35.5. The predicted molar refractivity (Wildman–Crippen MR) is 57.5 cm³/mol. The van der Waals surface area contributed by atoms with Crippen LogP contribution in [-0.2, 0) is 0 Å². The van der Waals surface area contributed by atoms with Crippen molar-refractivity contribution < 1.29 is 4.39 Å². The zero-order valence-corrected chi connectivity index (χ0v) is 8.73. The summed E-state index contributed by atoms with van der Waals surface area (Å²) in [5.74, 6) is -0.268. The van der Waals surface area contributed by atoms with Crippen molar-refractivity contribution in [3.05, 3.63) is 29.0 Å². The van der Waals surface area contributed by atoms with Crippen molar-refractivity contribution in [3.8, 4) is 0 Å². The van der Waals surface area contributed by atoms with Crippen LogP contribution in [-0.4, -0.2) is 13.1 Å². The number of anilines is 1. The van der Waals surface area contributed by atoms with Crippen LogP contribution in [0.2, 0.25) is 5.02 Å². The lowest BCUT2D eigenvalue weighted by Crippen LogP contribution is -2.29. The Labute approximate surface area is 88.5 Å². The van der Waals surface area contributed by atoms with Crippen LogP contribution in [0.5, 0.6) is 0 Å². The normalized spacial score (nSPS) is 17.1. The van der Waals surface area contributed by atoms with E-state index in [9.17, 15) is 4.39 Å². The van der Waals surface area contributed by atoms with Crippen molar-refractivity contribution >= 4 is 17.3 Å². The first kappa shape index (κ1) is 9.78. The fraction of sp³-hybridized carbons (Fsp3) is 0.455. The van der Waals surface area contributed by atoms with Crippen molar-refractivity contribution in [3.63, 3.8) is 0 Å². The van der Waals surface area contributed by atoms with Gasteiger partial charge in [-0.3, -0.25) is 0 Å². The molecule has 2 rings (SSSR count). The molecule has 0 radical (unpaired) electrons. The molecule has 1 aromatic rings. The molecule has 14 heavy (non-hydrogen) atoms. The van der Waals surface area contributed by atoms with Crippen LogP contribution >= 0.6 is 11.6 Å². The van der Waals surface area contributed by atoms with Crippen LogP contribution < -0.4 is 4.90 Å². The summed E-state index contributed by atoms with van der Waals surface area (Å²) in [7, 11) is 0. The summed E-state index contributed by atoms with van der Waals surface area (Å²) >= 11 is 5.98. The fourth-order valence-electron chi connectivity index (χ4n) is 1.87. The minimum atomic E-state index is -0.268. The summed E-state index contributed by atoms with van der Waals surface area (Å²) in [6.45, 7) is 2.07. The summed E-state index contributed by atoms with van der Waals surface area (Å²) in [4.78, 5) is 2.23. The Morgan fingerprint density at radius 2 is 1.86 bits per heavy atom. The first-order chi connectivity index (χ1) is 6.77. The molecule has 0 N–H and O–H groups in total. The van der Waals surface area contributed by atoms with Gasteiger partial charge in [0.15, 0.2) is 0 Å². The maximum absolute atomic E-state index is 12.8. The quantitative estimate of drug-likeness (QED) is 0.691. The predicted octanol–water partition coefficient (Wildman–Crippen LogP) is 3.47. The van der Waals surface area contributed by atoms with Gasteiger partial charge in [-0.2, -0.15) is 0 Å². The second-order valence-corrected chi connectivity index (χ2v) is 4.05. The number of rotatable bonds is 1. The van der Waals surface area contributed by atoms with Gasteiger partial charge in [0.05, 0.1) is 10.7 Å². The average Bonchev–Trinajstić information content (AvgIpc) is 2.19. The number of hydrogen-bond donors (Lipinski definition) is 0. The Hall–Kier alpha value is -0.760. The molecule has 1 aliphatic rings. The molecular weight excluding hydrogens is 201 g/mol. The Balaban J connectivity index is 2.22. The summed E-state index contributed by atoms with van der Waals surface area (Å²) < 4.78 is 12.8. The second kappa shape index (κ2) is 4.18. The number of piperidine rings is 1. The number of benzene rings is 1. The maximum Gasteiger partial charge on any atom is 0.124 e. The van der Waals surface area contributed by atoms with E-state index in [2.05, 4.69) is 4.90 Å². The molecule has 0 saturated carbocycles. The molecular formula is C11H13ClFN. The molecule has 76 valence electrons. The molecule has 3 heteroatoms. The van der Waals surface area contributed by atoms with Crippen LogP contribution in [0.4, 0.5) is 10.1 Å². The van der Waals surface area contributed by atoms with Gasteiger partial charge in [-0.1, -0.05) is 11.6 Å². The molecule has 0 atom stereocenters. The van der Waals surface area contributed by atoms with Crippen LogP contribution in [0, 0.1) is 5.82 Å². The molecule has 1 saturated heterocycles. The Kier molecular flexibility index (Phi) is 2.92. The Morgan fingerprint density at radius 1 is 1.14 bits per heavy atom. The van der Waals surface area contributed by atoms with E-state index in [0.717, 1.165) is 18.8 Å². The Bertz CT molecular complexity index is 321. The minimum Gasteiger partial charge on any atom is -0.370 e. The largest absolute Gasteiger partial charge is 0.370 e. The van der Waals surface area contributed by atoms with Crippen molar-refractivity contribution in [1.29, 1.82) is 0 Å². The summed E-state index contributed by atoms with van der Waals surface area (Å²) in [5, 5.41) is 0.520. The average molecular weight is 214 g/mol. The number of halogens is 2. The van der Waals surface area contributed by atoms with E-state index in [-0.39, 0.29) is 5.82 Å². The summed E-state index contributed by atoms with van der Waals surface area (Å²) in [5.41, 5.74) is 0.966. The van der Waals surface area contributed by atoms with Crippen molar-refractivity contribution in [1.82, 2.24) is 0 Å². The molecule has 1 aromatic carbocycles. The van der Waals surface area contributed by atoms with E-state index in [1.165, 1.54) is 31.4 Å². The topological polar surface area (TPSA) is 3.24 Å². The van der Waals surface area contributed by atoms with Crippen LogP contribution in [0.1, 0.15) is 19.3 Å². The van der Waals surface area contributed by atoms with Gasteiger partial charge >= 0.3 is 0 Å². The molecule has 0 amide bonds. The standard InChI is InChI=1S/C11H13ClFN/c12-10-8-9(13)4-5-11(10)14-6-2-1-3-7-14/h4-5,8H,1-3,6-7H2. The molecule has 1 nitrogen and oxygen atoms in total. The van der Waals surface area contributed by atoms with Gasteiger partial charge in [0.2, 0.25) is 0 Å². The van der Waals surface area contributed by atoms with Crippen LogP contribution in [0.25, 0.3) is 0 Å². The van der Waals surface area contributed by atoms with Crippen LogP contribution in [0.3, 0.4) is 0 Å². The lowest BCUT2D eigenvalue weighted by molar-refractivity contribution is 0.576. The highest BCUT2D eigenvalue weighted by Crippen LogP contribution is 2.28. The first-order valence-electron chi connectivity index (χ1n) is 4.97. The molecule has 0 unspecified atom stereocenters. The third-order valence-corrected chi connectivity index (χ3v) is 2.91. The summed E-state index contributed by atoms with van der Waals surface area (Å²) in [6, 6.07) is 4.62. The highest BCUT2D eigenvalue weighted by Gasteiger charge is 2.13. The highest BCUT2D eigenvalue weighted by molar-refractivity contribution is 6.33.